The normalized spacial score (nSPS) is 17.2. The smallest absolute Gasteiger partial charge is 0.320 e. The van der Waals surface area contributed by atoms with Crippen LogP contribution >= 0.6 is 0 Å². The van der Waals surface area contributed by atoms with Crippen molar-refractivity contribution in [1.82, 2.24) is 29.3 Å². The molecule has 0 bridgehead atoms. The van der Waals surface area contributed by atoms with Gasteiger partial charge in [-0.3, -0.25) is 4.79 Å². The molecule has 0 aliphatic carbocycles. The third-order valence-electron chi connectivity index (χ3n) is 6.17. The monoisotopic (exact) mass is 418 g/mol. The van der Waals surface area contributed by atoms with Gasteiger partial charge in [-0.2, -0.15) is 5.10 Å². The largest absolute Gasteiger partial charge is 0.335 e. The summed E-state index contributed by atoms with van der Waals surface area (Å²) < 4.78 is 1.72. The van der Waals surface area contributed by atoms with Crippen molar-refractivity contribution in [2.24, 2.45) is 0 Å². The summed E-state index contributed by atoms with van der Waals surface area (Å²) in [6.45, 7) is 3.85. The van der Waals surface area contributed by atoms with Crippen molar-refractivity contribution in [2.75, 3.05) is 39.3 Å². The minimum Gasteiger partial charge on any atom is -0.335 e. The van der Waals surface area contributed by atoms with Crippen molar-refractivity contribution in [3.63, 3.8) is 0 Å². The molecule has 5 rings (SSSR count). The van der Waals surface area contributed by atoms with E-state index in [1.165, 1.54) is 6.42 Å². The summed E-state index contributed by atoms with van der Waals surface area (Å²) in [4.78, 5) is 36.0. The Bertz CT molecular complexity index is 1080. The van der Waals surface area contributed by atoms with Crippen molar-refractivity contribution >= 4 is 17.6 Å². The number of carbonyl (C=O) groups excluding carboxylic acids is 2. The molecule has 0 unspecified atom stereocenters. The van der Waals surface area contributed by atoms with Gasteiger partial charge in [-0.05, 0) is 25.3 Å². The number of fused-ring (bicyclic) bond motifs is 1. The van der Waals surface area contributed by atoms with Crippen molar-refractivity contribution in [3.05, 3.63) is 54.4 Å². The lowest BCUT2D eigenvalue weighted by atomic mass is 10.1. The molecule has 31 heavy (non-hydrogen) atoms. The summed E-state index contributed by atoms with van der Waals surface area (Å²) in [5, 5.41) is 4.45. The van der Waals surface area contributed by atoms with Crippen LogP contribution in [0.2, 0.25) is 0 Å². The first-order valence-corrected chi connectivity index (χ1v) is 10.9. The number of amides is 3. The molecule has 0 N–H and O–H groups in total. The van der Waals surface area contributed by atoms with Gasteiger partial charge in [0.2, 0.25) is 0 Å². The highest BCUT2D eigenvalue weighted by Gasteiger charge is 2.29. The Morgan fingerprint density at radius 2 is 1.45 bits per heavy atom. The van der Waals surface area contributed by atoms with Crippen LogP contribution in [0.4, 0.5) is 4.79 Å². The molecule has 2 aliphatic heterocycles. The van der Waals surface area contributed by atoms with Crippen LogP contribution in [-0.4, -0.2) is 80.5 Å². The Morgan fingerprint density at radius 3 is 2.19 bits per heavy atom. The summed E-state index contributed by atoms with van der Waals surface area (Å²) >= 11 is 0. The molecule has 0 radical (unpaired) electrons. The van der Waals surface area contributed by atoms with Crippen LogP contribution in [0.25, 0.3) is 16.9 Å². The molecule has 3 amide bonds. The third-order valence-corrected chi connectivity index (χ3v) is 6.17. The van der Waals surface area contributed by atoms with E-state index >= 15 is 0 Å². The van der Waals surface area contributed by atoms with Gasteiger partial charge >= 0.3 is 6.03 Å². The first kappa shape index (κ1) is 19.5. The Kier molecular flexibility index (Phi) is 5.28. The summed E-state index contributed by atoms with van der Waals surface area (Å²) in [7, 11) is 0. The number of likely N-dealkylation sites (tertiary alicyclic amines) is 1. The van der Waals surface area contributed by atoms with Crippen molar-refractivity contribution in [1.29, 1.82) is 0 Å². The quantitative estimate of drug-likeness (QED) is 0.641. The van der Waals surface area contributed by atoms with Gasteiger partial charge in [0.1, 0.15) is 5.56 Å². The average molecular weight is 419 g/mol. The lowest BCUT2D eigenvalue weighted by molar-refractivity contribution is 0.0634. The fourth-order valence-electron chi connectivity index (χ4n) is 4.43. The molecule has 2 saturated heterocycles. The van der Waals surface area contributed by atoms with E-state index in [1.54, 1.807) is 21.8 Å². The summed E-state index contributed by atoms with van der Waals surface area (Å²) in [6.07, 6.45) is 6.67. The second kappa shape index (κ2) is 8.37. The van der Waals surface area contributed by atoms with Gasteiger partial charge in [0.25, 0.3) is 5.91 Å². The highest BCUT2D eigenvalue weighted by Crippen LogP contribution is 2.22. The number of carbonyl (C=O) groups is 2. The highest BCUT2D eigenvalue weighted by atomic mass is 16.2. The van der Waals surface area contributed by atoms with Crippen LogP contribution in [0.5, 0.6) is 0 Å². The van der Waals surface area contributed by atoms with Gasteiger partial charge in [-0.15, -0.1) is 0 Å². The SMILES string of the molecule is O=C(c1cnn2c(-c3ccccc3)ccnc12)N1CCN(C(=O)N2CCCCC2)CC1. The molecule has 2 aliphatic rings. The fraction of sp³-hybridized carbons (Fsp3) is 0.391. The number of nitrogens with zero attached hydrogens (tertiary/aromatic N) is 6. The number of rotatable bonds is 2. The summed E-state index contributed by atoms with van der Waals surface area (Å²) in [5.74, 6) is -0.0854. The molecule has 160 valence electrons. The Morgan fingerprint density at radius 1 is 0.774 bits per heavy atom. The lowest BCUT2D eigenvalue weighted by Crippen LogP contribution is -2.54. The summed E-state index contributed by atoms with van der Waals surface area (Å²) in [5.41, 5.74) is 2.95. The molecule has 1 aromatic carbocycles. The molecule has 2 fully saturated rings. The van der Waals surface area contributed by atoms with Crippen LogP contribution in [0, 0.1) is 0 Å². The molecule has 8 nitrogen and oxygen atoms in total. The molecule has 0 saturated carbocycles. The standard InChI is InChI=1S/C23H26N6O2/c30-22(26-13-15-28(16-14-26)23(31)27-11-5-2-6-12-27)19-17-25-29-20(9-10-24-21(19)29)18-7-3-1-4-8-18/h1,3-4,7-10,17H,2,5-6,11-16H2. The predicted molar refractivity (Wildman–Crippen MR) is 117 cm³/mol. The van der Waals surface area contributed by atoms with Crippen molar-refractivity contribution in [2.45, 2.75) is 19.3 Å². The van der Waals surface area contributed by atoms with E-state index in [0.29, 0.717) is 37.4 Å². The van der Waals surface area contributed by atoms with E-state index in [9.17, 15) is 9.59 Å². The van der Waals surface area contributed by atoms with Crippen LogP contribution in [0.3, 0.4) is 0 Å². The average Bonchev–Trinajstić information content (AvgIpc) is 3.29. The van der Waals surface area contributed by atoms with E-state index in [1.807, 2.05) is 46.2 Å². The van der Waals surface area contributed by atoms with Gasteiger partial charge in [0.15, 0.2) is 5.65 Å². The highest BCUT2D eigenvalue weighted by molar-refractivity contribution is 6.00. The van der Waals surface area contributed by atoms with Crippen molar-refractivity contribution in [3.8, 4) is 11.3 Å². The molecule has 3 aromatic rings. The molecule has 2 aromatic heterocycles. The van der Waals surface area contributed by atoms with E-state index < -0.39 is 0 Å². The van der Waals surface area contributed by atoms with E-state index in [-0.39, 0.29) is 11.9 Å². The summed E-state index contributed by atoms with van der Waals surface area (Å²) in [6, 6.07) is 11.9. The maximum atomic E-state index is 13.2. The van der Waals surface area contributed by atoms with Crippen LogP contribution < -0.4 is 0 Å². The van der Waals surface area contributed by atoms with Crippen LogP contribution in [0.1, 0.15) is 29.6 Å². The Balaban J connectivity index is 1.31. The Labute approximate surface area is 181 Å². The van der Waals surface area contributed by atoms with Gasteiger partial charge in [0, 0.05) is 51.0 Å². The number of aromatic nitrogens is 3. The molecule has 0 atom stereocenters. The minimum atomic E-state index is -0.0854. The van der Waals surface area contributed by atoms with Crippen LogP contribution in [-0.2, 0) is 0 Å². The zero-order valence-corrected chi connectivity index (χ0v) is 17.5. The minimum absolute atomic E-state index is 0.0854. The number of hydrogen-bond acceptors (Lipinski definition) is 4. The predicted octanol–water partition coefficient (Wildman–Crippen LogP) is 2.76. The lowest BCUT2D eigenvalue weighted by Gasteiger charge is -2.38. The number of piperidine rings is 1. The first-order valence-electron chi connectivity index (χ1n) is 10.9. The van der Waals surface area contributed by atoms with Crippen molar-refractivity contribution < 1.29 is 9.59 Å². The van der Waals surface area contributed by atoms with E-state index in [2.05, 4.69) is 10.1 Å². The maximum absolute atomic E-state index is 13.2. The van der Waals surface area contributed by atoms with Crippen LogP contribution in [0.15, 0.2) is 48.8 Å². The fourth-order valence-corrected chi connectivity index (χ4v) is 4.43. The third kappa shape index (κ3) is 3.73. The van der Waals surface area contributed by atoms with Gasteiger partial charge < -0.3 is 14.7 Å². The molecule has 0 spiro atoms. The molecule has 4 heterocycles. The van der Waals surface area contributed by atoms with Gasteiger partial charge in [0.05, 0.1) is 11.9 Å². The zero-order chi connectivity index (χ0) is 21.2. The van der Waals surface area contributed by atoms with E-state index in [0.717, 1.165) is 37.2 Å². The second-order valence-corrected chi connectivity index (χ2v) is 8.10. The molecule has 8 heteroatoms. The first-order chi connectivity index (χ1) is 15.2. The second-order valence-electron chi connectivity index (χ2n) is 8.10. The maximum Gasteiger partial charge on any atom is 0.320 e. The number of urea groups is 1. The van der Waals surface area contributed by atoms with Gasteiger partial charge in [-0.1, -0.05) is 30.3 Å². The topological polar surface area (TPSA) is 74.0 Å². The molecular weight excluding hydrogens is 392 g/mol. The van der Waals surface area contributed by atoms with E-state index in [4.69, 9.17) is 0 Å². The number of piperazine rings is 1. The number of benzene rings is 1. The Hall–Kier alpha value is -3.42. The zero-order valence-electron chi connectivity index (χ0n) is 17.5. The van der Waals surface area contributed by atoms with Gasteiger partial charge in [-0.25, -0.2) is 14.3 Å². The molecular formula is C23H26N6O2. The number of hydrogen-bond donors (Lipinski definition) is 0.